The molecule has 0 fully saturated rings. The van der Waals surface area contributed by atoms with Crippen LogP contribution in [-0.2, 0) is 11.3 Å². The molecule has 1 aromatic rings. The molecule has 0 unspecified atom stereocenters. The molecule has 1 aromatic carbocycles. The van der Waals surface area contributed by atoms with Gasteiger partial charge >= 0.3 is 0 Å². The first kappa shape index (κ1) is 12.9. The molecule has 1 rings (SSSR count). The van der Waals surface area contributed by atoms with Gasteiger partial charge in [0, 0.05) is 17.7 Å². The smallest absolute Gasteiger partial charge is 0.124 e. The molecule has 4 heteroatoms. The quantitative estimate of drug-likeness (QED) is 0.611. The number of thiocarbonyl (C=S) groups is 1. The minimum absolute atomic E-state index is 0.388. The topological polar surface area (TPSA) is 44.5 Å². The lowest BCUT2D eigenvalue weighted by molar-refractivity contribution is 0.119. The van der Waals surface area contributed by atoms with E-state index in [0.717, 1.165) is 29.9 Å². The molecule has 88 valence electrons. The molecule has 16 heavy (non-hydrogen) atoms. The van der Waals surface area contributed by atoms with Gasteiger partial charge in [-0.3, -0.25) is 0 Å². The second-order valence-electron chi connectivity index (χ2n) is 3.44. The van der Waals surface area contributed by atoms with Gasteiger partial charge < -0.3 is 15.2 Å². The van der Waals surface area contributed by atoms with E-state index >= 15 is 0 Å². The van der Waals surface area contributed by atoms with E-state index < -0.39 is 0 Å². The van der Waals surface area contributed by atoms with Gasteiger partial charge in [0.2, 0.25) is 0 Å². The molecule has 0 aliphatic rings. The van der Waals surface area contributed by atoms with Gasteiger partial charge in [-0.2, -0.15) is 0 Å². The van der Waals surface area contributed by atoms with E-state index in [1.54, 1.807) is 7.11 Å². The number of nitrogens with two attached hydrogens (primary N) is 1. The minimum Gasteiger partial charge on any atom is -0.496 e. The van der Waals surface area contributed by atoms with Crippen molar-refractivity contribution in [3.05, 3.63) is 29.3 Å². The van der Waals surface area contributed by atoms with Crippen LogP contribution in [-0.4, -0.2) is 18.7 Å². The molecular formula is C12H17NO2S. The predicted molar refractivity (Wildman–Crippen MR) is 68.8 cm³/mol. The molecule has 0 aliphatic heterocycles. The van der Waals surface area contributed by atoms with Crippen LogP contribution in [0.4, 0.5) is 0 Å². The van der Waals surface area contributed by atoms with Crippen molar-refractivity contribution < 1.29 is 9.47 Å². The molecule has 0 saturated heterocycles. The average molecular weight is 239 g/mol. The third kappa shape index (κ3) is 3.47. The average Bonchev–Trinajstić information content (AvgIpc) is 2.29. The van der Waals surface area contributed by atoms with Crippen LogP contribution in [0.1, 0.15) is 24.5 Å². The maximum Gasteiger partial charge on any atom is 0.124 e. The normalized spacial score (nSPS) is 10.1. The van der Waals surface area contributed by atoms with Crippen LogP contribution in [0.5, 0.6) is 5.75 Å². The van der Waals surface area contributed by atoms with Gasteiger partial charge in [-0.1, -0.05) is 19.1 Å². The van der Waals surface area contributed by atoms with Crippen molar-refractivity contribution in [2.24, 2.45) is 5.73 Å². The molecule has 2 N–H and O–H groups in total. The molecule has 0 aromatic heterocycles. The van der Waals surface area contributed by atoms with E-state index in [2.05, 4.69) is 6.92 Å². The van der Waals surface area contributed by atoms with Crippen LogP contribution in [0.25, 0.3) is 0 Å². The van der Waals surface area contributed by atoms with E-state index in [1.165, 1.54) is 0 Å². The van der Waals surface area contributed by atoms with E-state index in [0.29, 0.717) is 11.6 Å². The molecular weight excluding hydrogens is 222 g/mol. The number of hydrogen-bond donors (Lipinski definition) is 1. The van der Waals surface area contributed by atoms with Gasteiger partial charge in [0.1, 0.15) is 10.7 Å². The van der Waals surface area contributed by atoms with Crippen molar-refractivity contribution in [3.8, 4) is 5.75 Å². The zero-order chi connectivity index (χ0) is 12.0. The summed E-state index contributed by atoms with van der Waals surface area (Å²) < 4.78 is 10.7. The largest absolute Gasteiger partial charge is 0.496 e. The lowest BCUT2D eigenvalue weighted by Crippen LogP contribution is -2.10. The third-order valence-electron chi connectivity index (χ3n) is 2.17. The highest BCUT2D eigenvalue weighted by Gasteiger charge is 2.05. The summed E-state index contributed by atoms with van der Waals surface area (Å²) in [5.74, 6) is 0.802. The second-order valence-corrected chi connectivity index (χ2v) is 3.88. The van der Waals surface area contributed by atoms with Crippen LogP contribution in [0.15, 0.2) is 18.2 Å². The van der Waals surface area contributed by atoms with Gasteiger partial charge in [-0.25, -0.2) is 0 Å². The van der Waals surface area contributed by atoms with Crippen molar-refractivity contribution in [3.63, 3.8) is 0 Å². The zero-order valence-corrected chi connectivity index (χ0v) is 10.5. The zero-order valence-electron chi connectivity index (χ0n) is 9.66. The minimum atomic E-state index is 0.388. The first-order chi connectivity index (χ1) is 7.69. The summed E-state index contributed by atoms with van der Waals surface area (Å²) >= 11 is 4.93. The Morgan fingerprint density at radius 2 is 2.19 bits per heavy atom. The highest BCUT2D eigenvalue weighted by Crippen LogP contribution is 2.20. The van der Waals surface area contributed by atoms with Crippen molar-refractivity contribution in [1.29, 1.82) is 0 Å². The summed E-state index contributed by atoms with van der Waals surface area (Å²) in [7, 11) is 1.64. The molecule has 0 spiro atoms. The van der Waals surface area contributed by atoms with E-state index in [9.17, 15) is 0 Å². The summed E-state index contributed by atoms with van der Waals surface area (Å²) in [4.78, 5) is 0.388. The summed E-state index contributed by atoms with van der Waals surface area (Å²) in [6.07, 6.45) is 0.997. The Bertz CT molecular complexity index is 366. The van der Waals surface area contributed by atoms with Gasteiger partial charge in [-0.15, -0.1) is 0 Å². The molecule has 0 saturated carbocycles. The maximum atomic E-state index is 5.58. The van der Waals surface area contributed by atoms with Gasteiger partial charge in [0.15, 0.2) is 0 Å². The standard InChI is InChI=1S/C12H17NO2S/c1-3-6-15-8-10-7-9(12(13)16)4-5-11(10)14-2/h4-5,7H,3,6,8H2,1-2H3,(H2,13,16). The van der Waals surface area contributed by atoms with Crippen molar-refractivity contribution in [2.75, 3.05) is 13.7 Å². The number of rotatable bonds is 6. The monoisotopic (exact) mass is 239 g/mol. The first-order valence-corrected chi connectivity index (χ1v) is 5.64. The Kier molecular flexibility index (Phi) is 5.22. The van der Waals surface area contributed by atoms with Crippen LogP contribution >= 0.6 is 12.2 Å². The highest BCUT2D eigenvalue weighted by molar-refractivity contribution is 7.80. The van der Waals surface area contributed by atoms with Crippen LogP contribution in [0.3, 0.4) is 0 Å². The van der Waals surface area contributed by atoms with Gasteiger partial charge in [-0.05, 0) is 24.6 Å². The van der Waals surface area contributed by atoms with Crippen molar-refractivity contribution >= 4 is 17.2 Å². The van der Waals surface area contributed by atoms with Crippen molar-refractivity contribution in [1.82, 2.24) is 0 Å². The molecule has 0 atom stereocenters. The fourth-order valence-corrected chi connectivity index (χ4v) is 1.50. The molecule has 0 bridgehead atoms. The molecule has 0 aliphatic carbocycles. The van der Waals surface area contributed by atoms with Crippen LogP contribution in [0.2, 0.25) is 0 Å². The lowest BCUT2D eigenvalue weighted by Gasteiger charge is -2.10. The maximum absolute atomic E-state index is 5.58. The summed E-state index contributed by atoms with van der Waals surface area (Å²) in [6.45, 7) is 3.33. The molecule has 0 radical (unpaired) electrons. The van der Waals surface area contributed by atoms with Crippen molar-refractivity contribution in [2.45, 2.75) is 20.0 Å². The third-order valence-corrected chi connectivity index (χ3v) is 2.41. The lowest BCUT2D eigenvalue weighted by atomic mass is 10.1. The Balaban J connectivity index is 2.84. The summed E-state index contributed by atoms with van der Waals surface area (Å²) in [6, 6.07) is 5.63. The van der Waals surface area contributed by atoms with Crippen LogP contribution in [0, 0.1) is 0 Å². The van der Waals surface area contributed by atoms with Crippen LogP contribution < -0.4 is 10.5 Å². The van der Waals surface area contributed by atoms with E-state index in [4.69, 9.17) is 27.4 Å². The highest BCUT2D eigenvalue weighted by atomic mass is 32.1. The number of hydrogen-bond acceptors (Lipinski definition) is 3. The second kappa shape index (κ2) is 6.45. The van der Waals surface area contributed by atoms with E-state index in [1.807, 2.05) is 18.2 Å². The fourth-order valence-electron chi connectivity index (χ4n) is 1.37. The van der Waals surface area contributed by atoms with Gasteiger partial charge in [0.25, 0.3) is 0 Å². The Morgan fingerprint density at radius 1 is 1.44 bits per heavy atom. The summed E-state index contributed by atoms with van der Waals surface area (Å²) in [5.41, 5.74) is 7.39. The molecule has 0 amide bonds. The SMILES string of the molecule is CCCOCc1cc(C(N)=S)ccc1OC. The Hall–Kier alpha value is -1.13. The number of methoxy groups -OCH3 is 1. The predicted octanol–water partition coefficient (Wildman–Crippen LogP) is 2.26. The number of ether oxygens (including phenoxy) is 2. The molecule has 0 heterocycles. The first-order valence-electron chi connectivity index (χ1n) is 5.23. The fraction of sp³-hybridized carbons (Fsp3) is 0.417. The Morgan fingerprint density at radius 3 is 2.75 bits per heavy atom. The number of benzene rings is 1. The Labute approximate surface area is 102 Å². The van der Waals surface area contributed by atoms with E-state index in [-0.39, 0.29) is 0 Å². The van der Waals surface area contributed by atoms with Gasteiger partial charge in [0.05, 0.1) is 13.7 Å². The molecule has 3 nitrogen and oxygen atoms in total. The summed E-state index contributed by atoms with van der Waals surface area (Å²) in [5, 5.41) is 0.